The first-order chi connectivity index (χ1) is 7.25. The second kappa shape index (κ2) is 4.12. The number of aliphatic carboxylic acids is 1. The van der Waals surface area contributed by atoms with Gasteiger partial charge in [-0.25, -0.2) is 4.39 Å². The van der Waals surface area contributed by atoms with Crippen LogP contribution in [0.5, 0.6) is 0 Å². The molecule has 0 heterocycles. The predicted molar refractivity (Wildman–Crippen MR) is 60.6 cm³/mol. The number of nitrogen functional groups attached to an aromatic ring is 1. The predicted octanol–water partition coefficient (Wildman–Crippen LogP) is 2.62. The molecule has 16 heavy (non-hydrogen) atoms. The highest BCUT2D eigenvalue weighted by Gasteiger charge is 2.34. The number of rotatable bonds is 2. The lowest BCUT2D eigenvalue weighted by Gasteiger charge is -2.28. The minimum absolute atomic E-state index is 0.0789. The summed E-state index contributed by atoms with van der Waals surface area (Å²) in [5.41, 5.74) is 5.31. The molecule has 1 unspecified atom stereocenters. The molecule has 0 aliphatic carbocycles. The summed E-state index contributed by atoms with van der Waals surface area (Å²) in [5.74, 6) is -2.39. The zero-order valence-corrected chi connectivity index (χ0v) is 9.62. The van der Waals surface area contributed by atoms with Gasteiger partial charge in [0.2, 0.25) is 0 Å². The van der Waals surface area contributed by atoms with Crippen LogP contribution in [-0.4, -0.2) is 11.1 Å². The van der Waals surface area contributed by atoms with E-state index in [1.165, 1.54) is 12.1 Å². The summed E-state index contributed by atoms with van der Waals surface area (Å²) >= 11 is 0. The van der Waals surface area contributed by atoms with Crippen LogP contribution in [0.3, 0.4) is 0 Å². The van der Waals surface area contributed by atoms with E-state index in [-0.39, 0.29) is 5.69 Å². The van der Waals surface area contributed by atoms with Crippen LogP contribution >= 0.6 is 0 Å². The van der Waals surface area contributed by atoms with Crippen molar-refractivity contribution in [2.75, 3.05) is 5.73 Å². The van der Waals surface area contributed by atoms with Crippen molar-refractivity contribution in [2.45, 2.75) is 26.7 Å². The SMILES string of the molecule is CC(C)(C)C(C(=O)O)c1cccc(F)c1N. The van der Waals surface area contributed by atoms with E-state index in [9.17, 15) is 14.3 Å². The normalized spacial score (nSPS) is 13.5. The number of anilines is 1. The van der Waals surface area contributed by atoms with Gasteiger partial charge >= 0.3 is 5.97 Å². The molecule has 0 saturated carbocycles. The highest BCUT2D eigenvalue weighted by Crippen LogP contribution is 2.38. The second-order valence-corrected chi connectivity index (χ2v) is 4.88. The Labute approximate surface area is 94.1 Å². The van der Waals surface area contributed by atoms with Crippen molar-refractivity contribution in [3.63, 3.8) is 0 Å². The summed E-state index contributed by atoms with van der Waals surface area (Å²) in [7, 11) is 0. The Morgan fingerprint density at radius 2 is 2.00 bits per heavy atom. The van der Waals surface area contributed by atoms with E-state index in [1.54, 1.807) is 26.8 Å². The molecule has 1 rings (SSSR count). The lowest BCUT2D eigenvalue weighted by atomic mass is 9.76. The lowest BCUT2D eigenvalue weighted by molar-refractivity contribution is -0.141. The van der Waals surface area contributed by atoms with Crippen molar-refractivity contribution in [2.24, 2.45) is 5.41 Å². The molecule has 3 N–H and O–H groups in total. The summed E-state index contributed by atoms with van der Waals surface area (Å²) in [6.07, 6.45) is 0. The Kier molecular flexibility index (Phi) is 3.21. The first kappa shape index (κ1) is 12.5. The Hall–Kier alpha value is -1.58. The second-order valence-electron chi connectivity index (χ2n) is 4.88. The summed E-state index contributed by atoms with van der Waals surface area (Å²) in [5, 5.41) is 9.20. The lowest BCUT2D eigenvalue weighted by Crippen LogP contribution is -2.27. The smallest absolute Gasteiger partial charge is 0.311 e. The van der Waals surface area contributed by atoms with Gasteiger partial charge in [-0.1, -0.05) is 32.9 Å². The van der Waals surface area contributed by atoms with Crippen molar-refractivity contribution in [1.82, 2.24) is 0 Å². The van der Waals surface area contributed by atoms with E-state index in [2.05, 4.69) is 0 Å². The molecule has 1 atom stereocenters. The van der Waals surface area contributed by atoms with Gasteiger partial charge in [-0.3, -0.25) is 4.79 Å². The van der Waals surface area contributed by atoms with Crippen LogP contribution in [0.2, 0.25) is 0 Å². The number of halogens is 1. The Bertz CT molecular complexity index is 410. The van der Waals surface area contributed by atoms with Gasteiger partial charge in [0.25, 0.3) is 0 Å². The molecule has 1 aromatic carbocycles. The molecular weight excluding hydrogens is 209 g/mol. The number of para-hydroxylation sites is 1. The van der Waals surface area contributed by atoms with Crippen molar-refractivity contribution >= 4 is 11.7 Å². The van der Waals surface area contributed by atoms with Crippen LogP contribution in [0.1, 0.15) is 32.3 Å². The summed E-state index contributed by atoms with van der Waals surface area (Å²) in [6, 6.07) is 4.26. The van der Waals surface area contributed by atoms with Gasteiger partial charge in [-0.2, -0.15) is 0 Å². The van der Waals surface area contributed by atoms with Crippen molar-refractivity contribution < 1.29 is 14.3 Å². The fourth-order valence-corrected chi connectivity index (χ4v) is 1.78. The maximum Gasteiger partial charge on any atom is 0.311 e. The zero-order valence-electron chi connectivity index (χ0n) is 9.62. The third-order valence-electron chi connectivity index (χ3n) is 2.51. The fraction of sp³-hybridized carbons (Fsp3) is 0.417. The largest absolute Gasteiger partial charge is 0.481 e. The minimum Gasteiger partial charge on any atom is -0.481 e. The number of hydrogen-bond acceptors (Lipinski definition) is 2. The molecule has 0 amide bonds. The topological polar surface area (TPSA) is 63.3 Å². The van der Waals surface area contributed by atoms with Gasteiger partial charge in [0.1, 0.15) is 5.82 Å². The molecule has 0 radical (unpaired) electrons. The molecule has 1 aromatic rings. The average molecular weight is 225 g/mol. The van der Waals surface area contributed by atoms with Gasteiger partial charge in [-0.05, 0) is 17.0 Å². The van der Waals surface area contributed by atoms with Crippen LogP contribution < -0.4 is 5.73 Å². The maximum absolute atomic E-state index is 13.3. The van der Waals surface area contributed by atoms with Crippen molar-refractivity contribution in [3.05, 3.63) is 29.6 Å². The Morgan fingerprint density at radius 1 is 1.44 bits per heavy atom. The molecule has 4 heteroatoms. The number of benzene rings is 1. The van der Waals surface area contributed by atoms with Crippen LogP contribution in [0, 0.1) is 11.2 Å². The van der Waals surface area contributed by atoms with Crippen LogP contribution in [0.4, 0.5) is 10.1 Å². The van der Waals surface area contributed by atoms with Crippen molar-refractivity contribution in [3.8, 4) is 0 Å². The number of hydrogen-bond donors (Lipinski definition) is 2. The van der Waals surface area contributed by atoms with Crippen LogP contribution in [0.15, 0.2) is 18.2 Å². The molecule has 0 fully saturated rings. The van der Waals surface area contributed by atoms with Crippen molar-refractivity contribution in [1.29, 1.82) is 0 Å². The molecule has 0 aliphatic rings. The molecule has 0 saturated heterocycles. The summed E-state index contributed by atoms with van der Waals surface area (Å²) in [6.45, 7) is 5.36. The molecule has 3 nitrogen and oxygen atoms in total. The standard InChI is InChI=1S/C12H16FNO2/c1-12(2,3)9(11(15)16)7-5-4-6-8(13)10(7)14/h4-6,9H,14H2,1-3H3,(H,15,16). The monoisotopic (exact) mass is 225 g/mol. The number of nitrogens with two attached hydrogens (primary N) is 1. The zero-order chi connectivity index (χ0) is 12.5. The van der Waals surface area contributed by atoms with E-state index in [4.69, 9.17) is 5.73 Å². The van der Waals surface area contributed by atoms with E-state index >= 15 is 0 Å². The third-order valence-corrected chi connectivity index (χ3v) is 2.51. The quantitative estimate of drug-likeness (QED) is 0.760. The van der Waals surface area contributed by atoms with E-state index in [0.29, 0.717) is 5.56 Å². The highest BCUT2D eigenvalue weighted by molar-refractivity contribution is 5.79. The molecular formula is C12H16FNO2. The van der Waals surface area contributed by atoms with E-state index < -0.39 is 23.1 Å². The third kappa shape index (κ3) is 2.32. The van der Waals surface area contributed by atoms with Gasteiger partial charge in [-0.15, -0.1) is 0 Å². The van der Waals surface area contributed by atoms with Gasteiger partial charge in [0.05, 0.1) is 11.6 Å². The average Bonchev–Trinajstić information content (AvgIpc) is 2.09. The Morgan fingerprint density at radius 3 is 2.44 bits per heavy atom. The first-order valence-corrected chi connectivity index (χ1v) is 5.02. The van der Waals surface area contributed by atoms with Gasteiger partial charge in [0, 0.05) is 0 Å². The number of carboxylic acid groups (broad SMARTS) is 1. The molecule has 88 valence electrons. The maximum atomic E-state index is 13.3. The van der Waals surface area contributed by atoms with Gasteiger partial charge < -0.3 is 10.8 Å². The summed E-state index contributed by atoms with van der Waals surface area (Å²) < 4.78 is 13.3. The molecule has 0 aliphatic heterocycles. The van der Waals surface area contributed by atoms with E-state index in [1.807, 2.05) is 0 Å². The molecule has 0 bridgehead atoms. The highest BCUT2D eigenvalue weighted by atomic mass is 19.1. The summed E-state index contributed by atoms with van der Waals surface area (Å²) in [4.78, 5) is 11.2. The number of carbonyl (C=O) groups is 1. The first-order valence-electron chi connectivity index (χ1n) is 5.02. The minimum atomic E-state index is -0.996. The molecule has 0 spiro atoms. The Balaban J connectivity index is 3.33. The fourth-order valence-electron chi connectivity index (χ4n) is 1.78. The van der Waals surface area contributed by atoms with Crippen LogP contribution in [0.25, 0.3) is 0 Å². The van der Waals surface area contributed by atoms with Crippen LogP contribution in [-0.2, 0) is 4.79 Å². The molecule has 0 aromatic heterocycles. The number of carboxylic acids is 1. The van der Waals surface area contributed by atoms with Gasteiger partial charge in [0.15, 0.2) is 0 Å². The van der Waals surface area contributed by atoms with E-state index in [0.717, 1.165) is 0 Å².